The third kappa shape index (κ3) is 2.07. The van der Waals surface area contributed by atoms with Crippen LogP contribution in [0.2, 0.25) is 0 Å². The Balaban J connectivity index is 2.28. The minimum absolute atomic E-state index is 0.252. The summed E-state index contributed by atoms with van der Waals surface area (Å²) < 4.78 is 1.91. The predicted octanol–water partition coefficient (Wildman–Crippen LogP) is 2.07. The number of aromatic nitrogens is 2. The van der Waals surface area contributed by atoms with Crippen LogP contribution in [0.25, 0.3) is 11.1 Å². The molecule has 0 spiro atoms. The molecule has 3 nitrogen and oxygen atoms in total. The highest BCUT2D eigenvalue weighted by atomic mass is 15.3. The van der Waals surface area contributed by atoms with E-state index in [1.54, 1.807) is 0 Å². The first-order valence-electron chi connectivity index (χ1n) is 5.11. The van der Waals surface area contributed by atoms with Gasteiger partial charge in [-0.05, 0) is 12.5 Å². The average molecular weight is 201 g/mol. The predicted molar refractivity (Wildman–Crippen MR) is 61.4 cm³/mol. The van der Waals surface area contributed by atoms with E-state index in [-0.39, 0.29) is 6.04 Å². The first-order chi connectivity index (χ1) is 7.31. The van der Waals surface area contributed by atoms with Gasteiger partial charge >= 0.3 is 0 Å². The van der Waals surface area contributed by atoms with E-state index in [1.807, 2.05) is 35.3 Å². The SMILES string of the molecule is CC(CN)n1cc(-c2ccccc2)cn1. The molecule has 2 N–H and O–H groups in total. The molecule has 1 aromatic carbocycles. The maximum atomic E-state index is 5.59. The van der Waals surface area contributed by atoms with E-state index in [4.69, 9.17) is 5.73 Å². The van der Waals surface area contributed by atoms with E-state index in [0.29, 0.717) is 6.54 Å². The van der Waals surface area contributed by atoms with Crippen LogP contribution in [0.4, 0.5) is 0 Å². The third-order valence-corrected chi connectivity index (χ3v) is 2.50. The number of hydrogen-bond donors (Lipinski definition) is 1. The fourth-order valence-corrected chi connectivity index (χ4v) is 1.47. The van der Waals surface area contributed by atoms with Gasteiger partial charge in [0, 0.05) is 18.3 Å². The zero-order valence-corrected chi connectivity index (χ0v) is 8.80. The summed E-state index contributed by atoms with van der Waals surface area (Å²) in [6.45, 7) is 2.66. The van der Waals surface area contributed by atoms with Crippen molar-refractivity contribution in [2.24, 2.45) is 5.73 Å². The summed E-state index contributed by atoms with van der Waals surface area (Å²) in [5.41, 5.74) is 7.91. The highest BCUT2D eigenvalue weighted by molar-refractivity contribution is 5.61. The van der Waals surface area contributed by atoms with Crippen LogP contribution in [0, 0.1) is 0 Å². The summed E-state index contributed by atoms with van der Waals surface area (Å²) in [5, 5.41) is 4.30. The fraction of sp³-hybridized carbons (Fsp3) is 0.250. The molecule has 3 heteroatoms. The van der Waals surface area contributed by atoms with Gasteiger partial charge in [0.1, 0.15) is 0 Å². The lowest BCUT2D eigenvalue weighted by Crippen LogP contribution is -2.16. The van der Waals surface area contributed by atoms with E-state index in [9.17, 15) is 0 Å². The van der Waals surface area contributed by atoms with Gasteiger partial charge in [0.05, 0.1) is 12.2 Å². The molecule has 0 amide bonds. The molecule has 0 bridgehead atoms. The Morgan fingerprint density at radius 1 is 1.27 bits per heavy atom. The Morgan fingerprint density at radius 2 is 2.00 bits per heavy atom. The summed E-state index contributed by atoms with van der Waals surface area (Å²) in [4.78, 5) is 0. The highest BCUT2D eigenvalue weighted by Crippen LogP contribution is 2.18. The van der Waals surface area contributed by atoms with Gasteiger partial charge in [0.25, 0.3) is 0 Å². The van der Waals surface area contributed by atoms with Gasteiger partial charge in [0.2, 0.25) is 0 Å². The second-order valence-corrected chi connectivity index (χ2v) is 3.66. The van der Waals surface area contributed by atoms with Crippen LogP contribution in [0.15, 0.2) is 42.7 Å². The zero-order valence-electron chi connectivity index (χ0n) is 8.80. The van der Waals surface area contributed by atoms with Crippen LogP contribution in [0.5, 0.6) is 0 Å². The van der Waals surface area contributed by atoms with Gasteiger partial charge in [-0.2, -0.15) is 5.10 Å². The van der Waals surface area contributed by atoms with Crippen molar-refractivity contribution < 1.29 is 0 Å². The van der Waals surface area contributed by atoms with E-state index < -0.39 is 0 Å². The molecule has 0 saturated heterocycles. The van der Waals surface area contributed by atoms with Gasteiger partial charge in [0.15, 0.2) is 0 Å². The molecule has 15 heavy (non-hydrogen) atoms. The Labute approximate surface area is 89.5 Å². The van der Waals surface area contributed by atoms with Crippen LogP contribution in [-0.4, -0.2) is 16.3 Å². The zero-order chi connectivity index (χ0) is 10.7. The summed E-state index contributed by atoms with van der Waals surface area (Å²) in [5.74, 6) is 0. The fourth-order valence-electron chi connectivity index (χ4n) is 1.47. The minimum Gasteiger partial charge on any atom is -0.328 e. The number of nitrogens with two attached hydrogens (primary N) is 1. The van der Waals surface area contributed by atoms with Crippen LogP contribution in [0.3, 0.4) is 0 Å². The quantitative estimate of drug-likeness (QED) is 0.826. The molecule has 0 aliphatic carbocycles. The van der Waals surface area contributed by atoms with E-state index in [1.165, 1.54) is 5.56 Å². The molecule has 78 valence electrons. The second-order valence-electron chi connectivity index (χ2n) is 3.66. The Bertz CT molecular complexity index is 419. The second kappa shape index (κ2) is 4.28. The Hall–Kier alpha value is -1.61. The molecular formula is C12H15N3. The third-order valence-electron chi connectivity index (χ3n) is 2.50. The summed E-state index contributed by atoms with van der Waals surface area (Å²) >= 11 is 0. The van der Waals surface area contributed by atoms with E-state index in [0.717, 1.165) is 5.56 Å². The van der Waals surface area contributed by atoms with Gasteiger partial charge in [-0.1, -0.05) is 30.3 Å². The molecule has 0 aliphatic heterocycles. The first-order valence-corrected chi connectivity index (χ1v) is 5.11. The lowest BCUT2D eigenvalue weighted by molar-refractivity contribution is 0.501. The smallest absolute Gasteiger partial charge is 0.0613 e. The maximum absolute atomic E-state index is 5.59. The minimum atomic E-state index is 0.252. The molecule has 0 saturated carbocycles. The Kier molecular flexibility index (Phi) is 2.83. The number of hydrogen-bond acceptors (Lipinski definition) is 2. The van der Waals surface area contributed by atoms with Crippen molar-refractivity contribution in [3.05, 3.63) is 42.7 Å². The van der Waals surface area contributed by atoms with Crippen molar-refractivity contribution in [2.45, 2.75) is 13.0 Å². The topological polar surface area (TPSA) is 43.8 Å². The normalized spacial score (nSPS) is 12.7. The molecule has 1 aromatic heterocycles. The monoisotopic (exact) mass is 201 g/mol. The molecule has 2 aromatic rings. The average Bonchev–Trinajstić information content (AvgIpc) is 2.78. The lowest BCUT2D eigenvalue weighted by Gasteiger charge is -2.07. The molecule has 1 atom stereocenters. The van der Waals surface area contributed by atoms with Crippen LogP contribution >= 0.6 is 0 Å². The van der Waals surface area contributed by atoms with Gasteiger partial charge in [-0.15, -0.1) is 0 Å². The maximum Gasteiger partial charge on any atom is 0.0613 e. The number of benzene rings is 1. The van der Waals surface area contributed by atoms with Crippen molar-refractivity contribution in [1.29, 1.82) is 0 Å². The largest absolute Gasteiger partial charge is 0.328 e. The summed E-state index contributed by atoms with van der Waals surface area (Å²) in [6.07, 6.45) is 3.91. The van der Waals surface area contributed by atoms with E-state index in [2.05, 4.69) is 24.2 Å². The first kappa shape index (κ1) is 9.93. The van der Waals surface area contributed by atoms with Crippen molar-refractivity contribution in [2.75, 3.05) is 6.54 Å². The Morgan fingerprint density at radius 3 is 2.67 bits per heavy atom. The summed E-state index contributed by atoms with van der Waals surface area (Å²) in [6, 6.07) is 10.5. The van der Waals surface area contributed by atoms with Crippen molar-refractivity contribution >= 4 is 0 Å². The molecule has 0 aliphatic rings. The van der Waals surface area contributed by atoms with Gasteiger partial charge in [-0.3, -0.25) is 4.68 Å². The molecule has 0 radical (unpaired) electrons. The summed E-state index contributed by atoms with van der Waals surface area (Å²) in [7, 11) is 0. The molecule has 0 fully saturated rings. The van der Waals surface area contributed by atoms with Gasteiger partial charge in [-0.25, -0.2) is 0 Å². The standard InChI is InChI=1S/C12H15N3/c1-10(7-13)15-9-12(8-14-15)11-5-3-2-4-6-11/h2-6,8-10H,7,13H2,1H3. The van der Waals surface area contributed by atoms with Crippen molar-refractivity contribution in [3.8, 4) is 11.1 Å². The number of nitrogens with zero attached hydrogens (tertiary/aromatic N) is 2. The molecular weight excluding hydrogens is 186 g/mol. The van der Waals surface area contributed by atoms with E-state index >= 15 is 0 Å². The van der Waals surface area contributed by atoms with Gasteiger partial charge < -0.3 is 5.73 Å². The number of rotatable bonds is 3. The lowest BCUT2D eigenvalue weighted by atomic mass is 10.1. The van der Waals surface area contributed by atoms with Crippen LogP contribution in [0.1, 0.15) is 13.0 Å². The molecule has 1 heterocycles. The van der Waals surface area contributed by atoms with Crippen molar-refractivity contribution in [1.82, 2.24) is 9.78 Å². The van der Waals surface area contributed by atoms with Crippen LogP contribution in [-0.2, 0) is 0 Å². The van der Waals surface area contributed by atoms with Crippen molar-refractivity contribution in [3.63, 3.8) is 0 Å². The highest BCUT2D eigenvalue weighted by Gasteiger charge is 2.05. The molecule has 1 unspecified atom stereocenters. The molecule has 2 rings (SSSR count). The van der Waals surface area contributed by atoms with Crippen LogP contribution < -0.4 is 5.73 Å².